The zero-order valence-electron chi connectivity index (χ0n) is 15.4. The van der Waals surface area contributed by atoms with E-state index in [2.05, 4.69) is 5.10 Å². The first-order valence-electron chi connectivity index (χ1n) is 9.51. The molecule has 1 aliphatic heterocycles. The fourth-order valence-corrected chi connectivity index (χ4v) is 6.16. The number of methoxy groups -OCH3 is 1. The van der Waals surface area contributed by atoms with Crippen molar-refractivity contribution in [3.63, 3.8) is 0 Å². The topological polar surface area (TPSA) is 81.5 Å². The molecule has 0 N–H and O–H groups in total. The Hall–Kier alpha value is -1.57. The third kappa shape index (κ3) is 3.23. The highest BCUT2D eigenvalue weighted by atomic mass is 32.2. The highest BCUT2D eigenvalue weighted by Crippen LogP contribution is 2.39. The van der Waals surface area contributed by atoms with Gasteiger partial charge in [0.2, 0.25) is 0 Å². The largest absolute Gasteiger partial charge is 0.467 e. The lowest BCUT2D eigenvalue weighted by Gasteiger charge is -2.32. The van der Waals surface area contributed by atoms with Gasteiger partial charge >= 0.3 is 5.97 Å². The normalized spacial score (nSPS) is 26.8. The van der Waals surface area contributed by atoms with E-state index in [-0.39, 0.29) is 11.7 Å². The number of nitrogens with zero attached hydrogens (tertiary/aromatic N) is 3. The predicted octanol–water partition coefficient (Wildman–Crippen LogP) is 1.86. The fraction of sp³-hybridized carbons (Fsp3) is 0.778. The molecule has 2 saturated carbocycles. The third-order valence-corrected chi connectivity index (χ3v) is 8.26. The molecule has 26 heavy (non-hydrogen) atoms. The summed E-state index contributed by atoms with van der Waals surface area (Å²) in [6.45, 7) is 2.27. The van der Waals surface area contributed by atoms with Gasteiger partial charge in [-0.3, -0.25) is 0 Å². The lowest BCUT2D eigenvalue weighted by atomic mass is 9.93. The second-order valence-electron chi connectivity index (χ2n) is 8.00. The van der Waals surface area contributed by atoms with Gasteiger partial charge in [0.1, 0.15) is 11.9 Å². The highest BCUT2D eigenvalue weighted by molar-refractivity contribution is 7.92. The molecule has 2 atom stereocenters. The maximum atomic E-state index is 12.8. The monoisotopic (exact) mass is 381 g/mol. The number of esters is 1. The Kier molecular flexibility index (Phi) is 4.49. The summed E-state index contributed by atoms with van der Waals surface area (Å²) in [5.41, 5.74) is 0.889. The number of carbonyl (C=O) groups excluding carboxylic acids is 1. The molecule has 0 radical (unpaired) electrons. The number of aromatic nitrogens is 2. The zero-order valence-corrected chi connectivity index (χ0v) is 16.2. The van der Waals surface area contributed by atoms with E-state index in [0.717, 1.165) is 37.2 Å². The second kappa shape index (κ2) is 6.55. The van der Waals surface area contributed by atoms with Gasteiger partial charge in [0.05, 0.1) is 29.8 Å². The molecular weight excluding hydrogens is 354 g/mol. The smallest absolute Gasteiger partial charge is 0.328 e. The number of sulfone groups is 1. The fourth-order valence-electron chi connectivity index (χ4n) is 4.04. The third-order valence-electron chi connectivity index (χ3n) is 5.96. The molecule has 4 rings (SSSR count). The van der Waals surface area contributed by atoms with Crippen LogP contribution in [0.2, 0.25) is 0 Å². The van der Waals surface area contributed by atoms with Gasteiger partial charge in [-0.25, -0.2) is 17.9 Å². The van der Waals surface area contributed by atoms with Crippen molar-refractivity contribution >= 4 is 21.6 Å². The Balaban J connectivity index is 1.63. The van der Waals surface area contributed by atoms with Gasteiger partial charge in [-0.1, -0.05) is 0 Å². The molecule has 0 amide bonds. The van der Waals surface area contributed by atoms with Crippen LogP contribution in [-0.4, -0.2) is 54.9 Å². The van der Waals surface area contributed by atoms with Crippen LogP contribution in [-0.2, 0) is 19.4 Å². The van der Waals surface area contributed by atoms with Gasteiger partial charge in [-0.05, 0) is 51.4 Å². The van der Waals surface area contributed by atoms with Crippen molar-refractivity contribution in [2.45, 2.75) is 62.8 Å². The average molecular weight is 381 g/mol. The summed E-state index contributed by atoms with van der Waals surface area (Å²) in [5, 5.41) is 4.10. The van der Waals surface area contributed by atoms with Crippen molar-refractivity contribution in [1.82, 2.24) is 9.78 Å². The Morgan fingerprint density at radius 1 is 1.31 bits per heavy atom. The molecule has 0 bridgehead atoms. The number of carbonyl (C=O) groups is 1. The van der Waals surface area contributed by atoms with Gasteiger partial charge in [0.15, 0.2) is 9.84 Å². The van der Waals surface area contributed by atoms with Gasteiger partial charge in [0, 0.05) is 12.6 Å². The molecular formula is C18H27N3O4S. The summed E-state index contributed by atoms with van der Waals surface area (Å²) >= 11 is 0. The van der Waals surface area contributed by atoms with Crippen molar-refractivity contribution in [1.29, 1.82) is 0 Å². The van der Waals surface area contributed by atoms with Crippen LogP contribution in [0.5, 0.6) is 0 Å². The van der Waals surface area contributed by atoms with Crippen LogP contribution in [0.15, 0.2) is 6.07 Å². The summed E-state index contributed by atoms with van der Waals surface area (Å²) in [6, 6.07) is 1.75. The quantitative estimate of drug-likeness (QED) is 0.700. The first-order valence-corrected chi connectivity index (χ1v) is 11.2. The van der Waals surface area contributed by atoms with Crippen molar-refractivity contribution in [3.8, 4) is 0 Å². The average Bonchev–Trinajstić information content (AvgIpc) is 3.08. The number of ether oxygens (including phenoxy) is 1. The van der Waals surface area contributed by atoms with Crippen LogP contribution in [0.4, 0.5) is 5.82 Å². The van der Waals surface area contributed by atoms with Gasteiger partial charge in [-0.15, -0.1) is 0 Å². The van der Waals surface area contributed by atoms with Crippen LogP contribution in [0, 0.1) is 12.8 Å². The lowest BCUT2D eigenvalue weighted by molar-refractivity contribution is -0.141. The zero-order chi connectivity index (χ0) is 18.5. The Labute approximate surface area is 154 Å². The number of anilines is 1. The predicted molar refractivity (Wildman–Crippen MR) is 97.9 cm³/mol. The van der Waals surface area contributed by atoms with E-state index >= 15 is 0 Å². The van der Waals surface area contributed by atoms with Crippen LogP contribution < -0.4 is 4.90 Å². The maximum absolute atomic E-state index is 12.8. The van der Waals surface area contributed by atoms with Crippen LogP contribution in [0.1, 0.15) is 50.3 Å². The maximum Gasteiger partial charge on any atom is 0.328 e. The number of hydrogen-bond donors (Lipinski definition) is 0. The second-order valence-corrected chi connectivity index (χ2v) is 10.3. The molecule has 3 aliphatic rings. The lowest BCUT2D eigenvalue weighted by Crippen LogP contribution is -2.39. The molecule has 0 spiro atoms. The van der Waals surface area contributed by atoms with Gasteiger partial charge in [-0.2, -0.15) is 5.10 Å². The first kappa shape index (κ1) is 17.8. The van der Waals surface area contributed by atoms with Crippen molar-refractivity contribution in [2.24, 2.45) is 5.92 Å². The van der Waals surface area contributed by atoms with E-state index < -0.39 is 21.1 Å². The molecule has 8 heteroatoms. The Bertz CT molecular complexity index is 795. The van der Waals surface area contributed by atoms with Crippen molar-refractivity contribution in [2.75, 3.05) is 24.3 Å². The molecule has 1 aromatic rings. The molecule has 1 aromatic heterocycles. The number of rotatable bonds is 6. The number of hydrogen-bond acceptors (Lipinski definition) is 6. The summed E-state index contributed by atoms with van der Waals surface area (Å²) in [5.74, 6) is 1.05. The first-order chi connectivity index (χ1) is 12.4. The van der Waals surface area contributed by atoms with E-state index in [0.29, 0.717) is 24.9 Å². The number of aryl methyl sites for hydroxylation is 1. The van der Waals surface area contributed by atoms with E-state index in [9.17, 15) is 13.2 Å². The van der Waals surface area contributed by atoms with Gasteiger partial charge < -0.3 is 9.64 Å². The van der Waals surface area contributed by atoms with E-state index in [1.165, 1.54) is 13.5 Å². The minimum atomic E-state index is -3.21. The molecule has 2 aliphatic carbocycles. The van der Waals surface area contributed by atoms with Gasteiger partial charge in [0.25, 0.3) is 0 Å². The van der Waals surface area contributed by atoms with Crippen molar-refractivity contribution < 1.29 is 17.9 Å². The summed E-state index contributed by atoms with van der Waals surface area (Å²) in [6.07, 6.45) is 5.65. The molecule has 3 fully saturated rings. The molecule has 2 unspecified atom stereocenters. The molecule has 144 valence electrons. The SMILES string of the molecule is COC(=O)C1CC(S(=O)(=O)CC2CC2)CN1c1cc(C)nn1C1CCC1. The molecule has 7 nitrogen and oxygen atoms in total. The summed E-state index contributed by atoms with van der Waals surface area (Å²) in [7, 11) is -1.85. The summed E-state index contributed by atoms with van der Waals surface area (Å²) in [4.78, 5) is 14.3. The van der Waals surface area contributed by atoms with Crippen LogP contribution in [0.3, 0.4) is 0 Å². The minimum absolute atomic E-state index is 0.250. The summed E-state index contributed by atoms with van der Waals surface area (Å²) < 4.78 is 32.6. The molecule has 1 saturated heterocycles. The van der Waals surface area contributed by atoms with Crippen LogP contribution in [0.25, 0.3) is 0 Å². The van der Waals surface area contributed by atoms with Crippen molar-refractivity contribution in [3.05, 3.63) is 11.8 Å². The Morgan fingerprint density at radius 3 is 2.62 bits per heavy atom. The molecule has 2 heterocycles. The minimum Gasteiger partial charge on any atom is -0.467 e. The molecule has 0 aromatic carbocycles. The van der Waals surface area contributed by atoms with E-state index in [4.69, 9.17) is 4.74 Å². The Morgan fingerprint density at radius 2 is 2.04 bits per heavy atom. The van der Waals surface area contributed by atoms with E-state index in [1.807, 2.05) is 22.6 Å². The van der Waals surface area contributed by atoms with Crippen LogP contribution >= 0.6 is 0 Å². The standard InChI is InChI=1S/C18H27N3O4S/c1-12-8-17(21(19-12)14-4-3-5-14)20-10-15(9-16(20)18(22)25-2)26(23,24)11-13-6-7-13/h8,13-16H,3-7,9-11H2,1-2H3. The highest BCUT2D eigenvalue weighted by Gasteiger charge is 2.46. The van der Waals surface area contributed by atoms with E-state index in [1.54, 1.807) is 0 Å².